The maximum atomic E-state index is 14.3. The molecule has 0 heterocycles. The Morgan fingerprint density at radius 1 is 1.50 bits per heavy atom. The minimum atomic E-state index is -0.422. The number of thiocarbonyl (C=S) groups is 1. The van der Waals surface area contributed by atoms with Gasteiger partial charge in [-0.05, 0) is 53.2 Å². The van der Waals surface area contributed by atoms with Crippen LogP contribution in [0, 0.1) is 11.7 Å². The summed E-state index contributed by atoms with van der Waals surface area (Å²) in [6.07, 6.45) is 5.66. The molecule has 0 amide bonds. The van der Waals surface area contributed by atoms with E-state index in [2.05, 4.69) is 22.9 Å². The van der Waals surface area contributed by atoms with Crippen molar-refractivity contribution in [1.82, 2.24) is 0 Å². The lowest BCUT2D eigenvalue weighted by molar-refractivity contribution is 0.117. The molecule has 0 spiro atoms. The Morgan fingerprint density at radius 2 is 2.25 bits per heavy atom. The Bertz CT molecular complexity index is 509. The van der Waals surface area contributed by atoms with Crippen molar-refractivity contribution in [3.8, 4) is 5.75 Å². The van der Waals surface area contributed by atoms with E-state index in [1.807, 2.05) is 0 Å². The zero-order chi connectivity index (χ0) is 14.7. The number of hydrogen-bond acceptors (Lipinski definition) is 2. The number of halogens is 2. The summed E-state index contributed by atoms with van der Waals surface area (Å²) in [5.74, 6) is 0.545. The molecule has 2 unspecified atom stereocenters. The minimum Gasteiger partial charge on any atom is -0.487 e. The van der Waals surface area contributed by atoms with Crippen molar-refractivity contribution in [2.24, 2.45) is 11.7 Å². The molecule has 5 heteroatoms. The second-order valence-electron chi connectivity index (χ2n) is 5.28. The number of hydrogen-bond donors (Lipinski definition) is 1. The fourth-order valence-electron chi connectivity index (χ4n) is 2.71. The lowest BCUT2D eigenvalue weighted by Gasteiger charge is -2.29. The molecule has 0 radical (unpaired) electrons. The van der Waals surface area contributed by atoms with E-state index in [9.17, 15) is 4.39 Å². The summed E-state index contributed by atoms with van der Waals surface area (Å²) in [5.41, 5.74) is 6.05. The fourth-order valence-corrected chi connectivity index (χ4v) is 3.55. The van der Waals surface area contributed by atoms with Crippen LogP contribution < -0.4 is 10.5 Å². The van der Waals surface area contributed by atoms with Crippen LogP contribution in [0.2, 0.25) is 0 Å². The van der Waals surface area contributed by atoms with Gasteiger partial charge in [0.05, 0.1) is 10.6 Å². The molecule has 0 aliphatic heterocycles. The van der Waals surface area contributed by atoms with Crippen LogP contribution in [0.15, 0.2) is 16.6 Å². The third-order valence-electron chi connectivity index (χ3n) is 3.92. The first-order valence-electron chi connectivity index (χ1n) is 6.97. The first-order chi connectivity index (χ1) is 9.52. The van der Waals surface area contributed by atoms with Gasteiger partial charge in [0.2, 0.25) is 0 Å². The van der Waals surface area contributed by atoms with Gasteiger partial charge < -0.3 is 10.5 Å². The van der Waals surface area contributed by atoms with Crippen LogP contribution >= 0.6 is 28.1 Å². The molecule has 1 aromatic carbocycles. The van der Waals surface area contributed by atoms with E-state index >= 15 is 0 Å². The molecule has 2 rings (SSSR count). The lowest BCUT2D eigenvalue weighted by Crippen LogP contribution is -2.25. The number of ether oxygens (including phenoxy) is 1. The normalized spacial score (nSPS) is 22.6. The highest BCUT2D eigenvalue weighted by Crippen LogP contribution is 2.33. The van der Waals surface area contributed by atoms with E-state index < -0.39 is 5.82 Å². The number of benzene rings is 1. The maximum absolute atomic E-state index is 14.3. The third kappa shape index (κ3) is 3.50. The zero-order valence-electron chi connectivity index (χ0n) is 11.5. The monoisotopic (exact) mass is 359 g/mol. The quantitative estimate of drug-likeness (QED) is 0.799. The molecule has 1 aliphatic carbocycles. The summed E-state index contributed by atoms with van der Waals surface area (Å²) in [6, 6.07) is 3.31. The van der Waals surface area contributed by atoms with Gasteiger partial charge in [0.1, 0.15) is 4.99 Å². The summed E-state index contributed by atoms with van der Waals surface area (Å²) in [6.45, 7) is 2.20. The average molecular weight is 360 g/mol. The van der Waals surface area contributed by atoms with Gasteiger partial charge in [-0.25, -0.2) is 4.39 Å². The van der Waals surface area contributed by atoms with Gasteiger partial charge in [-0.3, -0.25) is 0 Å². The second-order valence-corrected chi connectivity index (χ2v) is 6.52. The van der Waals surface area contributed by atoms with Crippen molar-refractivity contribution >= 4 is 33.1 Å². The third-order valence-corrected chi connectivity index (χ3v) is 4.91. The van der Waals surface area contributed by atoms with Crippen molar-refractivity contribution < 1.29 is 9.13 Å². The average Bonchev–Trinajstić information content (AvgIpc) is 2.44. The SMILES string of the molecule is CCC1CCCC(Oc2ccc(C(N)=S)c(Br)c2F)C1. The minimum absolute atomic E-state index is 0.103. The smallest absolute Gasteiger partial charge is 0.179 e. The van der Waals surface area contributed by atoms with E-state index in [4.69, 9.17) is 22.7 Å². The molecule has 110 valence electrons. The van der Waals surface area contributed by atoms with Crippen LogP contribution in [0.5, 0.6) is 5.75 Å². The van der Waals surface area contributed by atoms with Crippen molar-refractivity contribution in [2.45, 2.75) is 45.1 Å². The molecule has 1 fully saturated rings. The standard InChI is InChI=1S/C15H19BrFNOS/c1-2-9-4-3-5-10(8-9)19-12-7-6-11(15(18)20)13(16)14(12)17/h6-7,9-10H,2-5,8H2,1H3,(H2,18,20). The Morgan fingerprint density at radius 3 is 2.90 bits per heavy atom. The van der Waals surface area contributed by atoms with Crippen LogP contribution in [0.25, 0.3) is 0 Å². The molecule has 2 N–H and O–H groups in total. The van der Waals surface area contributed by atoms with E-state index in [0.29, 0.717) is 11.5 Å². The highest BCUT2D eigenvalue weighted by molar-refractivity contribution is 9.10. The van der Waals surface area contributed by atoms with Crippen LogP contribution in [0.4, 0.5) is 4.39 Å². The summed E-state index contributed by atoms with van der Waals surface area (Å²) in [5, 5.41) is 0. The molecular weight excluding hydrogens is 341 g/mol. The molecule has 2 atom stereocenters. The molecule has 1 saturated carbocycles. The molecule has 2 nitrogen and oxygen atoms in total. The fraction of sp³-hybridized carbons (Fsp3) is 0.533. The van der Waals surface area contributed by atoms with Crippen molar-refractivity contribution in [3.05, 3.63) is 28.0 Å². The highest BCUT2D eigenvalue weighted by atomic mass is 79.9. The first-order valence-corrected chi connectivity index (χ1v) is 8.17. The van der Waals surface area contributed by atoms with Crippen molar-refractivity contribution in [2.75, 3.05) is 0 Å². The van der Waals surface area contributed by atoms with Crippen LogP contribution in [-0.4, -0.2) is 11.1 Å². The Balaban J connectivity index is 2.14. The lowest BCUT2D eigenvalue weighted by atomic mass is 9.85. The predicted molar refractivity (Wildman–Crippen MR) is 86.7 cm³/mol. The second kappa shape index (κ2) is 6.85. The molecule has 1 aromatic rings. The van der Waals surface area contributed by atoms with E-state index in [1.165, 1.54) is 6.42 Å². The topological polar surface area (TPSA) is 35.2 Å². The van der Waals surface area contributed by atoms with Gasteiger partial charge in [0.15, 0.2) is 11.6 Å². The van der Waals surface area contributed by atoms with E-state index in [1.54, 1.807) is 12.1 Å². The summed E-state index contributed by atoms with van der Waals surface area (Å²) in [4.78, 5) is 0.172. The van der Waals surface area contributed by atoms with E-state index in [-0.39, 0.29) is 21.3 Å². The van der Waals surface area contributed by atoms with Crippen molar-refractivity contribution in [1.29, 1.82) is 0 Å². The first kappa shape index (κ1) is 15.7. The molecule has 1 aliphatic rings. The molecule has 0 bridgehead atoms. The Hall–Kier alpha value is -0.680. The van der Waals surface area contributed by atoms with Gasteiger partial charge in [0.25, 0.3) is 0 Å². The molecule has 0 aromatic heterocycles. The molecule has 20 heavy (non-hydrogen) atoms. The van der Waals surface area contributed by atoms with Crippen LogP contribution in [0.3, 0.4) is 0 Å². The summed E-state index contributed by atoms with van der Waals surface area (Å²) >= 11 is 8.08. The largest absolute Gasteiger partial charge is 0.487 e. The molecule has 0 saturated heterocycles. The van der Waals surface area contributed by atoms with Gasteiger partial charge in [-0.2, -0.15) is 0 Å². The van der Waals surface area contributed by atoms with Gasteiger partial charge in [-0.1, -0.05) is 32.0 Å². The summed E-state index contributed by atoms with van der Waals surface area (Å²) < 4.78 is 20.4. The highest BCUT2D eigenvalue weighted by Gasteiger charge is 2.24. The van der Waals surface area contributed by atoms with Crippen molar-refractivity contribution in [3.63, 3.8) is 0 Å². The Labute approximate surface area is 133 Å². The predicted octanol–water partition coefficient (Wildman–Crippen LogP) is 4.57. The number of nitrogens with two attached hydrogens (primary N) is 1. The van der Waals surface area contributed by atoms with Gasteiger partial charge in [-0.15, -0.1) is 0 Å². The van der Waals surface area contributed by atoms with Gasteiger partial charge >= 0.3 is 0 Å². The van der Waals surface area contributed by atoms with E-state index in [0.717, 1.165) is 25.7 Å². The summed E-state index contributed by atoms with van der Waals surface area (Å²) in [7, 11) is 0. The van der Waals surface area contributed by atoms with Crippen LogP contribution in [0.1, 0.15) is 44.6 Å². The van der Waals surface area contributed by atoms with Gasteiger partial charge in [0, 0.05) is 5.56 Å². The Kier molecular flexibility index (Phi) is 5.38. The number of rotatable bonds is 4. The van der Waals surface area contributed by atoms with Crippen LogP contribution in [-0.2, 0) is 0 Å². The maximum Gasteiger partial charge on any atom is 0.179 e. The molecular formula is C15H19BrFNOS. The zero-order valence-corrected chi connectivity index (χ0v) is 13.9.